The number of aliphatic hydroxyl groups is 1. The van der Waals surface area contributed by atoms with Crippen molar-refractivity contribution in [1.82, 2.24) is 25.3 Å². The van der Waals surface area contributed by atoms with Gasteiger partial charge in [0.25, 0.3) is 0 Å². The molecule has 0 saturated carbocycles. The van der Waals surface area contributed by atoms with Gasteiger partial charge in [-0.15, -0.1) is 14.8 Å². The number of benzene rings is 1. The van der Waals surface area contributed by atoms with E-state index in [2.05, 4.69) is 20.6 Å². The summed E-state index contributed by atoms with van der Waals surface area (Å²) in [4.78, 5) is 1.83. The highest BCUT2D eigenvalue weighted by molar-refractivity contribution is 5.43. The van der Waals surface area contributed by atoms with E-state index >= 15 is 0 Å². The van der Waals surface area contributed by atoms with Gasteiger partial charge < -0.3 is 14.7 Å². The van der Waals surface area contributed by atoms with Gasteiger partial charge in [0.05, 0.1) is 19.3 Å². The van der Waals surface area contributed by atoms with Crippen LogP contribution in [-0.2, 0) is 11.3 Å². The van der Waals surface area contributed by atoms with Gasteiger partial charge in [-0.1, -0.05) is 30.3 Å². The molecule has 0 radical (unpaired) electrons. The maximum Gasteiger partial charge on any atom is 0.200 e. The Bertz CT molecular complexity index is 748. The smallest absolute Gasteiger partial charge is 0.200 e. The highest BCUT2D eigenvalue weighted by atomic mass is 16.5. The molecule has 1 aromatic carbocycles. The Morgan fingerprint density at radius 3 is 2.87 bits per heavy atom. The summed E-state index contributed by atoms with van der Waals surface area (Å²) in [5.41, 5.74) is 1.66. The van der Waals surface area contributed by atoms with E-state index in [0.29, 0.717) is 24.6 Å². The second kappa shape index (κ2) is 7.12. The first-order chi connectivity index (χ1) is 11.2. The Labute approximate surface area is 133 Å². The first kappa shape index (κ1) is 15.3. The molecule has 120 valence electrons. The Morgan fingerprint density at radius 1 is 1.22 bits per heavy atom. The van der Waals surface area contributed by atoms with Crippen LogP contribution in [0.5, 0.6) is 0 Å². The number of fused-ring (bicyclic) bond motifs is 1. The molecule has 0 aliphatic carbocycles. The second-order valence-corrected chi connectivity index (χ2v) is 5.25. The molecule has 0 saturated heterocycles. The molecule has 3 rings (SSSR count). The molecule has 0 spiro atoms. The van der Waals surface area contributed by atoms with Crippen molar-refractivity contribution in [3.8, 4) is 0 Å². The van der Waals surface area contributed by atoms with Gasteiger partial charge in [-0.2, -0.15) is 0 Å². The molecule has 0 amide bonds. The summed E-state index contributed by atoms with van der Waals surface area (Å²) in [6.45, 7) is 1.14. The molecular weight excluding hydrogens is 296 g/mol. The van der Waals surface area contributed by atoms with E-state index in [4.69, 9.17) is 4.74 Å². The van der Waals surface area contributed by atoms with E-state index in [0.717, 1.165) is 5.56 Å². The largest absolute Gasteiger partial charge is 0.389 e. The molecule has 2 heterocycles. The summed E-state index contributed by atoms with van der Waals surface area (Å²) in [6.07, 6.45) is -0.616. The number of anilines is 1. The zero-order valence-electron chi connectivity index (χ0n) is 12.8. The number of hydrogen-bond donors (Lipinski definition) is 1. The van der Waals surface area contributed by atoms with Crippen molar-refractivity contribution in [2.24, 2.45) is 0 Å². The van der Waals surface area contributed by atoms with Crippen LogP contribution in [0, 0.1) is 0 Å². The number of aromatic nitrogens is 5. The molecule has 0 bridgehead atoms. The number of tetrazole rings is 1. The number of likely N-dealkylation sites (N-methyl/N-ethyl adjacent to an activating group) is 1. The summed E-state index contributed by atoms with van der Waals surface area (Å²) in [5, 5.41) is 25.5. The van der Waals surface area contributed by atoms with Crippen molar-refractivity contribution >= 4 is 11.5 Å². The fourth-order valence-corrected chi connectivity index (χ4v) is 2.19. The number of aliphatic hydroxyl groups excluding tert-OH is 1. The van der Waals surface area contributed by atoms with Crippen LogP contribution in [0.4, 0.5) is 5.82 Å². The number of ether oxygens (including phenoxy) is 1. The molecule has 8 nitrogen and oxygen atoms in total. The van der Waals surface area contributed by atoms with Gasteiger partial charge in [-0.05, 0) is 28.1 Å². The van der Waals surface area contributed by atoms with E-state index in [1.54, 1.807) is 6.07 Å². The van der Waals surface area contributed by atoms with Crippen LogP contribution in [0.25, 0.3) is 5.65 Å². The predicted molar refractivity (Wildman–Crippen MR) is 84.0 cm³/mol. The Kier molecular flexibility index (Phi) is 4.74. The summed E-state index contributed by atoms with van der Waals surface area (Å²) in [7, 11) is 1.85. The van der Waals surface area contributed by atoms with Crippen LogP contribution in [0.2, 0.25) is 0 Å². The third-order valence-corrected chi connectivity index (χ3v) is 3.35. The lowest BCUT2D eigenvalue weighted by molar-refractivity contribution is 0.0324. The van der Waals surface area contributed by atoms with Crippen LogP contribution in [0.3, 0.4) is 0 Å². The van der Waals surface area contributed by atoms with Crippen molar-refractivity contribution < 1.29 is 9.84 Å². The first-order valence-corrected chi connectivity index (χ1v) is 7.28. The zero-order valence-corrected chi connectivity index (χ0v) is 12.8. The van der Waals surface area contributed by atoms with Crippen LogP contribution in [0.1, 0.15) is 5.56 Å². The monoisotopic (exact) mass is 314 g/mol. The molecule has 0 aliphatic heterocycles. The van der Waals surface area contributed by atoms with E-state index in [-0.39, 0.29) is 6.61 Å². The van der Waals surface area contributed by atoms with Gasteiger partial charge in [0.2, 0.25) is 0 Å². The lowest BCUT2D eigenvalue weighted by atomic mass is 10.2. The molecule has 0 fully saturated rings. The Balaban J connectivity index is 1.49. The minimum absolute atomic E-state index is 0.256. The Morgan fingerprint density at radius 2 is 2.04 bits per heavy atom. The summed E-state index contributed by atoms with van der Waals surface area (Å²) >= 11 is 0. The predicted octanol–water partition coefficient (Wildman–Crippen LogP) is 0.533. The maximum atomic E-state index is 10.1. The lowest BCUT2D eigenvalue weighted by Crippen LogP contribution is -2.32. The van der Waals surface area contributed by atoms with Crippen molar-refractivity contribution in [3.63, 3.8) is 0 Å². The van der Waals surface area contributed by atoms with Crippen LogP contribution in [0.15, 0.2) is 42.5 Å². The van der Waals surface area contributed by atoms with E-state index < -0.39 is 6.10 Å². The minimum atomic E-state index is -0.616. The van der Waals surface area contributed by atoms with Gasteiger partial charge in [0.1, 0.15) is 0 Å². The molecule has 8 heteroatoms. The van der Waals surface area contributed by atoms with Gasteiger partial charge in [-0.25, -0.2) is 0 Å². The molecular formula is C15H18N6O2. The topological polar surface area (TPSA) is 88.7 Å². The van der Waals surface area contributed by atoms with Crippen molar-refractivity contribution in [1.29, 1.82) is 0 Å². The van der Waals surface area contributed by atoms with Crippen molar-refractivity contribution in [2.75, 3.05) is 25.1 Å². The quantitative estimate of drug-likeness (QED) is 0.680. The molecule has 23 heavy (non-hydrogen) atoms. The van der Waals surface area contributed by atoms with Gasteiger partial charge >= 0.3 is 0 Å². The third kappa shape index (κ3) is 3.99. The van der Waals surface area contributed by atoms with Crippen molar-refractivity contribution in [2.45, 2.75) is 12.7 Å². The van der Waals surface area contributed by atoms with Crippen LogP contribution >= 0.6 is 0 Å². The van der Waals surface area contributed by atoms with E-state index in [9.17, 15) is 5.11 Å². The maximum absolute atomic E-state index is 10.1. The number of nitrogens with zero attached hydrogens (tertiary/aromatic N) is 6. The van der Waals surface area contributed by atoms with E-state index in [1.807, 2.05) is 48.3 Å². The number of hydrogen-bond acceptors (Lipinski definition) is 7. The van der Waals surface area contributed by atoms with E-state index in [1.165, 1.54) is 4.63 Å². The number of rotatable bonds is 7. The van der Waals surface area contributed by atoms with Gasteiger partial charge in [0, 0.05) is 13.6 Å². The molecule has 1 unspecified atom stereocenters. The van der Waals surface area contributed by atoms with Crippen molar-refractivity contribution in [3.05, 3.63) is 48.0 Å². The zero-order chi connectivity index (χ0) is 16.1. The van der Waals surface area contributed by atoms with Gasteiger partial charge in [-0.3, -0.25) is 0 Å². The summed E-state index contributed by atoms with van der Waals surface area (Å²) in [6, 6.07) is 13.4. The summed E-state index contributed by atoms with van der Waals surface area (Å²) in [5.74, 6) is 0.673. The van der Waals surface area contributed by atoms with Crippen LogP contribution in [-0.4, -0.2) is 56.7 Å². The highest BCUT2D eigenvalue weighted by Gasteiger charge is 2.11. The molecule has 2 aromatic heterocycles. The van der Waals surface area contributed by atoms with Crippen LogP contribution < -0.4 is 4.90 Å². The molecule has 1 N–H and O–H groups in total. The molecule has 3 aromatic rings. The fourth-order valence-electron chi connectivity index (χ4n) is 2.19. The lowest BCUT2D eigenvalue weighted by Gasteiger charge is -2.21. The first-order valence-electron chi connectivity index (χ1n) is 7.28. The molecule has 0 aliphatic rings. The van der Waals surface area contributed by atoms with Gasteiger partial charge in [0.15, 0.2) is 11.5 Å². The summed E-state index contributed by atoms with van der Waals surface area (Å²) < 4.78 is 6.89. The molecule has 1 atom stereocenters. The standard InChI is InChI=1S/C15H18N6O2/c1-20(15-8-7-14-16-18-19-21(14)17-15)9-13(22)11-23-10-12-5-3-2-4-6-12/h2-8,13,22H,9-11H2,1H3. The fraction of sp³-hybridized carbons (Fsp3) is 0.333. The second-order valence-electron chi connectivity index (χ2n) is 5.25. The third-order valence-electron chi connectivity index (χ3n) is 3.35. The average Bonchev–Trinajstić information content (AvgIpc) is 3.03. The normalized spacial score (nSPS) is 12.4. The Hall–Kier alpha value is -2.58. The minimum Gasteiger partial charge on any atom is -0.389 e. The highest BCUT2D eigenvalue weighted by Crippen LogP contribution is 2.09. The SMILES string of the molecule is CN(CC(O)COCc1ccccc1)c1ccc2nnnn2n1. The average molecular weight is 314 g/mol.